The Morgan fingerprint density at radius 1 is 1.22 bits per heavy atom. The number of hydrogen-bond acceptors (Lipinski definition) is 4. The van der Waals surface area contributed by atoms with Crippen LogP contribution in [0.4, 0.5) is 0 Å². The van der Waals surface area contributed by atoms with Crippen LogP contribution in [0, 0.1) is 0 Å². The van der Waals surface area contributed by atoms with Crippen molar-refractivity contribution in [3.63, 3.8) is 0 Å². The van der Waals surface area contributed by atoms with E-state index in [2.05, 4.69) is 27.4 Å². The molecule has 0 spiro atoms. The predicted molar refractivity (Wildman–Crippen MR) is 110 cm³/mol. The van der Waals surface area contributed by atoms with E-state index in [0.717, 1.165) is 45.0 Å². The highest BCUT2D eigenvalue weighted by Crippen LogP contribution is 2.17. The number of rotatable bonds is 9. The monoisotopic (exact) mass is 381 g/mol. The van der Waals surface area contributed by atoms with Gasteiger partial charge in [0, 0.05) is 39.8 Å². The van der Waals surface area contributed by atoms with Gasteiger partial charge < -0.3 is 20.3 Å². The van der Waals surface area contributed by atoms with Crippen LogP contribution < -0.4 is 10.6 Å². The molecule has 0 aromatic heterocycles. The number of carbonyl (C=O) groups is 1. The summed E-state index contributed by atoms with van der Waals surface area (Å²) in [6, 6.07) is 0.558. The molecule has 0 radical (unpaired) electrons. The largest absolute Gasteiger partial charge is 0.378 e. The molecule has 0 aliphatic carbocycles. The van der Waals surface area contributed by atoms with E-state index in [4.69, 9.17) is 4.74 Å². The molecule has 0 saturated carbocycles. The van der Waals surface area contributed by atoms with E-state index in [9.17, 15) is 4.79 Å². The first-order valence-corrected chi connectivity index (χ1v) is 10.7. The molecule has 2 unspecified atom stereocenters. The molecule has 2 rings (SSSR count). The van der Waals surface area contributed by atoms with Crippen molar-refractivity contribution in [2.45, 2.75) is 64.0 Å². The SMILES string of the molecule is CCN1CCCC1CNC(=NCC(=O)N(C)C)NCCCC1CCCCO1. The number of amides is 1. The zero-order chi connectivity index (χ0) is 19.5. The highest BCUT2D eigenvalue weighted by Gasteiger charge is 2.22. The lowest BCUT2D eigenvalue weighted by atomic mass is 10.0. The summed E-state index contributed by atoms with van der Waals surface area (Å²) in [4.78, 5) is 20.5. The molecule has 2 saturated heterocycles. The zero-order valence-corrected chi connectivity index (χ0v) is 17.5. The minimum atomic E-state index is 0.0164. The van der Waals surface area contributed by atoms with Crippen LogP contribution in [0.1, 0.15) is 51.9 Å². The van der Waals surface area contributed by atoms with Crippen molar-refractivity contribution in [3.05, 3.63) is 0 Å². The Morgan fingerprint density at radius 3 is 2.78 bits per heavy atom. The minimum absolute atomic E-state index is 0.0164. The lowest BCUT2D eigenvalue weighted by Gasteiger charge is -2.24. The smallest absolute Gasteiger partial charge is 0.243 e. The summed E-state index contributed by atoms with van der Waals surface area (Å²) < 4.78 is 5.80. The van der Waals surface area contributed by atoms with Gasteiger partial charge in [-0.15, -0.1) is 0 Å². The Kier molecular flexibility index (Phi) is 9.91. The molecule has 2 atom stereocenters. The van der Waals surface area contributed by atoms with Gasteiger partial charge in [0.05, 0.1) is 6.10 Å². The maximum Gasteiger partial charge on any atom is 0.243 e. The van der Waals surface area contributed by atoms with Crippen LogP contribution in [-0.4, -0.2) is 87.2 Å². The zero-order valence-electron chi connectivity index (χ0n) is 17.5. The first kappa shape index (κ1) is 22.0. The van der Waals surface area contributed by atoms with E-state index < -0.39 is 0 Å². The number of nitrogens with zero attached hydrogens (tertiary/aromatic N) is 3. The minimum Gasteiger partial charge on any atom is -0.378 e. The van der Waals surface area contributed by atoms with E-state index in [1.54, 1.807) is 19.0 Å². The van der Waals surface area contributed by atoms with Gasteiger partial charge in [-0.2, -0.15) is 0 Å². The average Bonchev–Trinajstić information content (AvgIpc) is 3.14. The summed E-state index contributed by atoms with van der Waals surface area (Å²) >= 11 is 0. The highest BCUT2D eigenvalue weighted by atomic mass is 16.5. The van der Waals surface area contributed by atoms with Gasteiger partial charge in [-0.3, -0.25) is 9.69 Å². The number of nitrogens with one attached hydrogen (secondary N) is 2. The van der Waals surface area contributed by atoms with Crippen molar-refractivity contribution in [1.29, 1.82) is 0 Å². The molecule has 0 aromatic rings. The summed E-state index contributed by atoms with van der Waals surface area (Å²) in [5.74, 6) is 0.764. The molecule has 2 fully saturated rings. The number of hydrogen-bond donors (Lipinski definition) is 2. The van der Waals surface area contributed by atoms with E-state index >= 15 is 0 Å². The van der Waals surface area contributed by atoms with Crippen LogP contribution in [0.3, 0.4) is 0 Å². The molecule has 156 valence electrons. The second-order valence-corrected chi connectivity index (χ2v) is 7.82. The summed E-state index contributed by atoms with van der Waals surface area (Å²) in [5, 5.41) is 6.86. The van der Waals surface area contributed by atoms with Crippen LogP contribution in [-0.2, 0) is 9.53 Å². The summed E-state index contributed by atoms with van der Waals surface area (Å²) in [6.45, 7) is 7.31. The lowest BCUT2D eigenvalue weighted by Crippen LogP contribution is -2.45. The van der Waals surface area contributed by atoms with Crippen LogP contribution >= 0.6 is 0 Å². The first-order chi connectivity index (χ1) is 13.1. The lowest BCUT2D eigenvalue weighted by molar-refractivity contribution is -0.127. The fraction of sp³-hybridized carbons (Fsp3) is 0.900. The molecule has 2 N–H and O–H groups in total. The highest BCUT2D eigenvalue weighted by molar-refractivity contribution is 5.84. The molecule has 2 heterocycles. The van der Waals surface area contributed by atoms with E-state index in [0.29, 0.717) is 12.1 Å². The number of likely N-dealkylation sites (tertiary alicyclic amines) is 1. The van der Waals surface area contributed by atoms with Gasteiger partial charge in [-0.25, -0.2) is 4.99 Å². The van der Waals surface area contributed by atoms with Crippen LogP contribution in [0.5, 0.6) is 0 Å². The van der Waals surface area contributed by atoms with Crippen molar-refractivity contribution in [1.82, 2.24) is 20.4 Å². The van der Waals surface area contributed by atoms with E-state index in [1.807, 2.05) is 0 Å². The fourth-order valence-corrected chi connectivity index (χ4v) is 3.79. The van der Waals surface area contributed by atoms with Crippen molar-refractivity contribution in [2.24, 2.45) is 4.99 Å². The Bertz CT molecular complexity index is 463. The van der Waals surface area contributed by atoms with Crippen molar-refractivity contribution < 1.29 is 9.53 Å². The number of guanidine groups is 1. The standard InChI is InChI=1S/C20H39N5O2/c1-4-25-13-8-9-17(25)15-22-20(23-16-19(26)24(2)3)21-12-7-11-18-10-5-6-14-27-18/h17-18H,4-16H2,1-3H3,(H2,21,22,23). The third kappa shape index (κ3) is 8.05. The second-order valence-electron chi connectivity index (χ2n) is 7.82. The molecule has 0 bridgehead atoms. The third-order valence-corrected chi connectivity index (χ3v) is 5.55. The summed E-state index contributed by atoms with van der Waals surface area (Å²) in [5.41, 5.74) is 0. The molecule has 2 aliphatic rings. The van der Waals surface area contributed by atoms with Gasteiger partial charge in [0.25, 0.3) is 0 Å². The molecular weight excluding hydrogens is 342 g/mol. The van der Waals surface area contributed by atoms with Gasteiger partial charge in [0.2, 0.25) is 5.91 Å². The quantitative estimate of drug-likeness (QED) is 0.359. The van der Waals surface area contributed by atoms with Crippen molar-refractivity contribution in [3.8, 4) is 0 Å². The summed E-state index contributed by atoms with van der Waals surface area (Å²) in [6.07, 6.45) is 8.72. The predicted octanol–water partition coefficient (Wildman–Crippen LogP) is 1.44. The van der Waals surface area contributed by atoms with Gasteiger partial charge in [-0.1, -0.05) is 6.92 Å². The maximum atomic E-state index is 11.9. The van der Waals surface area contributed by atoms with Crippen molar-refractivity contribution in [2.75, 3.05) is 53.4 Å². The molecule has 0 aromatic carbocycles. The number of ether oxygens (including phenoxy) is 1. The van der Waals surface area contributed by atoms with Crippen LogP contribution in [0.2, 0.25) is 0 Å². The molecule has 7 heteroatoms. The van der Waals surface area contributed by atoms with Gasteiger partial charge in [-0.05, 0) is 58.0 Å². The topological polar surface area (TPSA) is 69.2 Å². The molecular formula is C20H39N5O2. The number of aliphatic imine (C=N–C) groups is 1. The fourth-order valence-electron chi connectivity index (χ4n) is 3.79. The second kappa shape index (κ2) is 12.2. The third-order valence-electron chi connectivity index (χ3n) is 5.55. The molecule has 1 amide bonds. The van der Waals surface area contributed by atoms with Gasteiger partial charge in [0.1, 0.15) is 6.54 Å². The Morgan fingerprint density at radius 2 is 2.07 bits per heavy atom. The molecule has 7 nitrogen and oxygen atoms in total. The normalized spacial score (nSPS) is 24.0. The Hall–Kier alpha value is -1.34. The van der Waals surface area contributed by atoms with E-state index in [-0.39, 0.29) is 12.5 Å². The summed E-state index contributed by atoms with van der Waals surface area (Å²) in [7, 11) is 3.53. The maximum absolute atomic E-state index is 11.9. The van der Waals surface area contributed by atoms with Crippen LogP contribution in [0.15, 0.2) is 4.99 Å². The number of carbonyl (C=O) groups excluding carboxylic acids is 1. The van der Waals surface area contributed by atoms with Crippen LogP contribution in [0.25, 0.3) is 0 Å². The molecule has 27 heavy (non-hydrogen) atoms. The van der Waals surface area contributed by atoms with E-state index in [1.165, 1.54) is 38.6 Å². The van der Waals surface area contributed by atoms with Gasteiger partial charge in [0.15, 0.2) is 5.96 Å². The van der Waals surface area contributed by atoms with Gasteiger partial charge >= 0.3 is 0 Å². The Balaban J connectivity index is 1.77. The first-order valence-electron chi connectivity index (χ1n) is 10.7. The number of likely N-dealkylation sites (N-methyl/N-ethyl adjacent to an activating group) is 2. The van der Waals surface area contributed by atoms with Crippen molar-refractivity contribution >= 4 is 11.9 Å². The average molecular weight is 382 g/mol. The Labute approximate surface area is 164 Å². The molecule has 2 aliphatic heterocycles.